The van der Waals surface area contributed by atoms with E-state index in [4.69, 9.17) is 0 Å². The van der Waals surface area contributed by atoms with Gasteiger partial charge in [0.25, 0.3) is 0 Å². The van der Waals surface area contributed by atoms with Crippen LogP contribution in [0.15, 0.2) is 35.6 Å². The van der Waals surface area contributed by atoms with Crippen molar-refractivity contribution in [2.24, 2.45) is 5.92 Å². The zero-order valence-electron chi connectivity index (χ0n) is 6.33. The van der Waals surface area contributed by atoms with E-state index < -0.39 is 0 Å². The molecule has 0 saturated carbocycles. The molecule has 54 valence electrons. The second-order valence-electron chi connectivity index (χ2n) is 2.61. The van der Waals surface area contributed by atoms with Crippen LogP contribution < -0.4 is 0 Å². The number of allylic oxidation sites excluding steroid dienone is 5. The molecule has 0 saturated heterocycles. The Morgan fingerprint density at radius 1 is 1.30 bits per heavy atom. The van der Waals surface area contributed by atoms with Gasteiger partial charge in [-0.2, -0.15) is 0 Å². The lowest BCUT2D eigenvalue weighted by molar-refractivity contribution is 0.360. The summed E-state index contributed by atoms with van der Waals surface area (Å²) >= 11 is 0. The Balaban J connectivity index is 2.91. The van der Waals surface area contributed by atoms with Crippen molar-refractivity contribution in [3.63, 3.8) is 0 Å². The van der Waals surface area contributed by atoms with Gasteiger partial charge >= 0.3 is 0 Å². The smallest absolute Gasteiger partial charge is 0.0991 e. The Labute approximate surface area is 61.4 Å². The fourth-order valence-corrected chi connectivity index (χ4v) is 0.883. The highest BCUT2D eigenvalue weighted by molar-refractivity contribution is 5.27. The van der Waals surface area contributed by atoms with E-state index in [0.29, 0.717) is 5.76 Å². The summed E-state index contributed by atoms with van der Waals surface area (Å²) in [5.74, 6) is 0.623. The van der Waals surface area contributed by atoms with Gasteiger partial charge in [-0.3, -0.25) is 0 Å². The lowest BCUT2D eigenvalue weighted by Crippen LogP contribution is -1.98. The first-order valence-electron chi connectivity index (χ1n) is 3.46. The van der Waals surface area contributed by atoms with Crippen LogP contribution in [0.25, 0.3) is 0 Å². The maximum atomic E-state index is 9.30. The van der Waals surface area contributed by atoms with E-state index in [0.717, 1.165) is 0 Å². The van der Waals surface area contributed by atoms with E-state index in [1.807, 2.05) is 32.1 Å². The summed E-state index contributed by atoms with van der Waals surface area (Å²) < 4.78 is 0. The summed E-state index contributed by atoms with van der Waals surface area (Å²) in [5, 5.41) is 9.30. The molecule has 0 fully saturated rings. The maximum Gasteiger partial charge on any atom is 0.0991 e. The van der Waals surface area contributed by atoms with Gasteiger partial charge in [0.1, 0.15) is 0 Å². The topological polar surface area (TPSA) is 20.2 Å². The van der Waals surface area contributed by atoms with Crippen molar-refractivity contribution in [2.75, 3.05) is 0 Å². The standard InChI is InChI=1S/C9H12O/c1-7-5-3-4-6-9(10)8(7)2/h3-6,8,10H,1-2H3. The molecule has 0 bridgehead atoms. The van der Waals surface area contributed by atoms with Crippen molar-refractivity contribution in [1.29, 1.82) is 0 Å². The third kappa shape index (κ3) is 1.29. The van der Waals surface area contributed by atoms with E-state index in [-0.39, 0.29) is 5.92 Å². The molecule has 1 N–H and O–H groups in total. The summed E-state index contributed by atoms with van der Waals surface area (Å²) in [5.41, 5.74) is 1.20. The lowest BCUT2D eigenvalue weighted by Gasteiger charge is -2.08. The second-order valence-corrected chi connectivity index (χ2v) is 2.61. The number of rotatable bonds is 0. The number of aliphatic hydroxyl groups is 1. The van der Waals surface area contributed by atoms with E-state index in [2.05, 4.69) is 0 Å². The maximum absolute atomic E-state index is 9.30. The first kappa shape index (κ1) is 7.13. The van der Waals surface area contributed by atoms with Crippen LogP contribution in [0.1, 0.15) is 13.8 Å². The van der Waals surface area contributed by atoms with Crippen LogP contribution in [-0.4, -0.2) is 5.11 Å². The molecule has 10 heavy (non-hydrogen) atoms. The highest BCUT2D eigenvalue weighted by atomic mass is 16.3. The molecule has 0 aromatic heterocycles. The molecule has 1 aliphatic rings. The van der Waals surface area contributed by atoms with Crippen molar-refractivity contribution in [1.82, 2.24) is 0 Å². The molecule has 1 aliphatic carbocycles. The monoisotopic (exact) mass is 136 g/mol. The van der Waals surface area contributed by atoms with Gasteiger partial charge in [-0.15, -0.1) is 0 Å². The van der Waals surface area contributed by atoms with Gasteiger partial charge in [-0.05, 0) is 13.0 Å². The first-order valence-corrected chi connectivity index (χ1v) is 3.46. The van der Waals surface area contributed by atoms with Crippen LogP contribution in [-0.2, 0) is 0 Å². The van der Waals surface area contributed by atoms with Gasteiger partial charge in [0.05, 0.1) is 5.76 Å². The Morgan fingerprint density at radius 2 is 1.90 bits per heavy atom. The average molecular weight is 136 g/mol. The average Bonchev–Trinajstić information content (AvgIpc) is 2.04. The molecule has 0 radical (unpaired) electrons. The highest BCUT2D eigenvalue weighted by Gasteiger charge is 2.08. The first-order chi connectivity index (χ1) is 4.72. The van der Waals surface area contributed by atoms with E-state index in [1.165, 1.54) is 5.57 Å². The van der Waals surface area contributed by atoms with Crippen LogP contribution in [0.3, 0.4) is 0 Å². The lowest BCUT2D eigenvalue weighted by atomic mass is 10.0. The number of hydrogen-bond acceptors (Lipinski definition) is 1. The minimum absolute atomic E-state index is 0.176. The second kappa shape index (κ2) is 2.74. The van der Waals surface area contributed by atoms with Crippen molar-refractivity contribution < 1.29 is 5.11 Å². The molecule has 0 spiro atoms. The molecule has 0 aromatic rings. The highest BCUT2D eigenvalue weighted by Crippen LogP contribution is 2.19. The van der Waals surface area contributed by atoms with Crippen LogP contribution in [0, 0.1) is 5.92 Å². The zero-order chi connectivity index (χ0) is 7.56. The summed E-state index contributed by atoms with van der Waals surface area (Å²) in [4.78, 5) is 0. The Kier molecular flexibility index (Phi) is 1.95. The number of hydrogen-bond donors (Lipinski definition) is 1. The summed E-state index contributed by atoms with van der Waals surface area (Å²) in [7, 11) is 0. The molecule has 1 nitrogen and oxygen atoms in total. The van der Waals surface area contributed by atoms with Crippen molar-refractivity contribution in [2.45, 2.75) is 13.8 Å². The minimum atomic E-state index is 0.176. The molecule has 0 aromatic carbocycles. The molecular formula is C9H12O. The largest absolute Gasteiger partial charge is 0.512 e. The van der Waals surface area contributed by atoms with Gasteiger partial charge in [0, 0.05) is 5.92 Å². The SMILES string of the molecule is CC1=CC=CC=C(O)C1C. The van der Waals surface area contributed by atoms with Crippen molar-refractivity contribution >= 4 is 0 Å². The molecule has 0 aliphatic heterocycles. The van der Waals surface area contributed by atoms with E-state index in [1.54, 1.807) is 6.08 Å². The summed E-state index contributed by atoms with van der Waals surface area (Å²) in [6.07, 6.45) is 7.54. The third-order valence-corrected chi connectivity index (χ3v) is 1.86. The summed E-state index contributed by atoms with van der Waals surface area (Å²) in [6.45, 7) is 4.01. The van der Waals surface area contributed by atoms with Gasteiger partial charge in [0.15, 0.2) is 0 Å². The molecule has 1 rings (SSSR count). The van der Waals surface area contributed by atoms with Gasteiger partial charge in [0.2, 0.25) is 0 Å². The minimum Gasteiger partial charge on any atom is -0.512 e. The fourth-order valence-electron chi connectivity index (χ4n) is 0.883. The van der Waals surface area contributed by atoms with Crippen molar-refractivity contribution in [3.8, 4) is 0 Å². The van der Waals surface area contributed by atoms with E-state index >= 15 is 0 Å². The van der Waals surface area contributed by atoms with Crippen molar-refractivity contribution in [3.05, 3.63) is 35.6 Å². The Morgan fingerprint density at radius 3 is 2.60 bits per heavy atom. The molecular weight excluding hydrogens is 124 g/mol. The van der Waals surface area contributed by atoms with E-state index in [9.17, 15) is 5.11 Å². The van der Waals surface area contributed by atoms with Crippen LogP contribution in [0.5, 0.6) is 0 Å². The molecule has 0 amide bonds. The predicted octanol–water partition coefficient (Wildman–Crippen LogP) is 2.58. The van der Waals surface area contributed by atoms with Gasteiger partial charge < -0.3 is 5.11 Å². The predicted molar refractivity (Wildman–Crippen MR) is 42.8 cm³/mol. The zero-order valence-corrected chi connectivity index (χ0v) is 6.33. The third-order valence-electron chi connectivity index (χ3n) is 1.86. The van der Waals surface area contributed by atoms with Gasteiger partial charge in [-0.25, -0.2) is 0 Å². The number of aliphatic hydroxyl groups excluding tert-OH is 1. The van der Waals surface area contributed by atoms with Gasteiger partial charge in [-0.1, -0.05) is 30.7 Å². The Hall–Kier alpha value is -0.980. The normalized spacial score (nSPS) is 25.2. The molecule has 0 heterocycles. The quantitative estimate of drug-likeness (QED) is 0.542. The van der Waals surface area contributed by atoms with Crippen LogP contribution in [0.4, 0.5) is 0 Å². The fraction of sp³-hybridized carbons (Fsp3) is 0.333. The Bertz CT molecular complexity index is 187. The summed E-state index contributed by atoms with van der Waals surface area (Å²) in [6, 6.07) is 0. The molecule has 1 unspecified atom stereocenters. The van der Waals surface area contributed by atoms with Crippen LogP contribution >= 0.6 is 0 Å². The van der Waals surface area contributed by atoms with Crippen LogP contribution in [0.2, 0.25) is 0 Å². The molecule has 1 heteroatoms. The molecule has 1 atom stereocenters.